The summed E-state index contributed by atoms with van der Waals surface area (Å²) in [5.74, 6) is -1.27. The Hall–Kier alpha value is -2.61. The summed E-state index contributed by atoms with van der Waals surface area (Å²) < 4.78 is 11.0. The van der Waals surface area contributed by atoms with Gasteiger partial charge in [-0.1, -0.05) is 6.92 Å². The molecule has 0 atom stereocenters. The first-order valence-corrected chi connectivity index (χ1v) is 8.48. The number of carboxylic acids is 2. The molecule has 2 N–H and O–H groups in total. The lowest BCUT2D eigenvalue weighted by molar-refractivity contribution is -0.159. The number of rotatable bonds is 3. The number of nitrogens with zero attached hydrogens (tertiary/aromatic N) is 1. The third-order valence-electron chi connectivity index (χ3n) is 4.29. The number of fused-ring (bicyclic) bond motifs is 1. The number of hydrogen-bond acceptors (Lipinski definition) is 6. The second kappa shape index (κ2) is 9.19. The number of hydrogen-bond donors (Lipinski definition) is 2. The fourth-order valence-corrected chi connectivity index (χ4v) is 2.73. The van der Waals surface area contributed by atoms with Gasteiger partial charge >= 0.3 is 11.9 Å². The Kier molecular flexibility index (Phi) is 6.97. The molecule has 0 aliphatic carbocycles. The molecule has 2 aliphatic heterocycles. The number of carbonyl (C=O) groups is 3. The van der Waals surface area contributed by atoms with E-state index in [4.69, 9.17) is 29.3 Å². The van der Waals surface area contributed by atoms with Crippen LogP contribution < -0.4 is 9.47 Å². The molecule has 8 heteroatoms. The molecule has 142 valence electrons. The maximum Gasteiger partial charge on any atom is 0.414 e. The first-order valence-electron chi connectivity index (χ1n) is 8.48. The highest BCUT2D eigenvalue weighted by atomic mass is 16.6. The molecular formula is C18H23NO7. The van der Waals surface area contributed by atoms with E-state index in [2.05, 4.69) is 11.8 Å². The molecule has 1 aromatic carbocycles. The van der Waals surface area contributed by atoms with Gasteiger partial charge in [0.1, 0.15) is 13.2 Å². The molecule has 1 saturated heterocycles. The molecule has 1 fully saturated rings. The first-order chi connectivity index (χ1) is 12.4. The number of ketones is 1. The van der Waals surface area contributed by atoms with Gasteiger partial charge < -0.3 is 19.7 Å². The maximum atomic E-state index is 12.3. The van der Waals surface area contributed by atoms with Crippen LogP contribution in [0.25, 0.3) is 0 Å². The number of benzene rings is 1. The van der Waals surface area contributed by atoms with E-state index in [0.29, 0.717) is 31.1 Å². The van der Waals surface area contributed by atoms with E-state index in [1.165, 1.54) is 12.8 Å². The van der Waals surface area contributed by atoms with Gasteiger partial charge in [-0.3, -0.25) is 9.69 Å². The van der Waals surface area contributed by atoms with Gasteiger partial charge in [0.25, 0.3) is 0 Å². The molecule has 2 heterocycles. The second-order valence-electron chi connectivity index (χ2n) is 6.35. The van der Waals surface area contributed by atoms with Crippen molar-refractivity contribution in [2.24, 2.45) is 5.92 Å². The minimum absolute atomic E-state index is 0.163. The SMILES string of the molecule is CC1CCN(CC(=O)c2ccc3c(c2)OCCO3)CC1.O=C(O)C(=O)O. The van der Waals surface area contributed by atoms with Crippen LogP contribution in [0.1, 0.15) is 30.1 Å². The Morgan fingerprint density at radius 2 is 1.62 bits per heavy atom. The molecule has 0 aromatic heterocycles. The molecular weight excluding hydrogens is 342 g/mol. The smallest absolute Gasteiger partial charge is 0.414 e. The van der Waals surface area contributed by atoms with E-state index in [1.807, 2.05) is 18.2 Å². The Labute approximate surface area is 151 Å². The minimum atomic E-state index is -1.82. The van der Waals surface area contributed by atoms with Gasteiger partial charge in [0.05, 0.1) is 6.54 Å². The van der Waals surface area contributed by atoms with Gasteiger partial charge in [0.2, 0.25) is 0 Å². The molecule has 0 unspecified atom stereocenters. The maximum absolute atomic E-state index is 12.3. The average molecular weight is 365 g/mol. The van der Waals surface area contributed by atoms with Gasteiger partial charge in [0.15, 0.2) is 17.3 Å². The van der Waals surface area contributed by atoms with Gasteiger partial charge in [-0.15, -0.1) is 0 Å². The Morgan fingerprint density at radius 1 is 1.04 bits per heavy atom. The normalized spacial score (nSPS) is 17.0. The number of Topliss-reactive ketones (excluding diaryl/α,β-unsaturated/α-hetero) is 1. The molecule has 8 nitrogen and oxygen atoms in total. The predicted octanol–water partition coefficient (Wildman–Crippen LogP) is 1.53. The van der Waals surface area contributed by atoms with Crippen molar-refractivity contribution in [2.75, 3.05) is 32.8 Å². The van der Waals surface area contributed by atoms with E-state index in [9.17, 15) is 4.79 Å². The number of likely N-dealkylation sites (tertiary alicyclic amines) is 1. The largest absolute Gasteiger partial charge is 0.486 e. The molecule has 1 aromatic rings. The highest BCUT2D eigenvalue weighted by Crippen LogP contribution is 2.31. The molecule has 0 amide bonds. The van der Waals surface area contributed by atoms with Crippen LogP contribution in [0.5, 0.6) is 11.5 Å². The number of carboxylic acid groups (broad SMARTS) is 2. The predicted molar refractivity (Wildman–Crippen MR) is 91.9 cm³/mol. The molecule has 0 radical (unpaired) electrons. The van der Waals surface area contributed by atoms with E-state index in [-0.39, 0.29) is 5.78 Å². The van der Waals surface area contributed by atoms with Crippen LogP contribution in [-0.4, -0.2) is 65.7 Å². The van der Waals surface area contributed by atoms with Crippen LogP contribution in [0, 0.1) is 5.92 Å². The van der Waals surface area contributed by atoms with Crippen molar-refractivity contribution < 1.29 is 34.1 Å². The van der Waals surface area contributed by atoms with E-state index in [1.54, 1.807) is 0 Å². The second-order valence-corrected chi connectivity index (χ2v) is 6.35. The van der Waals surface area contributed by atoms with Crippen LogP contribution >= 0.6 is 0 Å². The van der Waals surface area contributed by atoms with Crippen LogP contribution in [0.2, 0.25) is 0 Å². The molecule has 2 aliphatic rings. The molecule has 26 heavy (non-hydrogen) atoms. The summed E-state index contributed by atoms with van der Waals surface area (Å²) in [5, 5.41) is 14.8. The molecule has 3 rings (SSSR count). The fourth-order valence-electron chi connectivity index (χ4n) is 2.73. The van der Waals surface area contributed by atoms with Crippen molar-refractivity contribution in [3.63, 3.8) is 0 Å². The number of piperidine rings is 1. The third kappa shape index (κ3) is 5.73. The van der Waals surface area contributed by atoms with Crippen molar-refractivity contribution >= 4 is 17.7 Å². The standard InChI is InChI=1S/C16H21NO3.C2H2O4/c1-12-4-6-17(7-5-12)11-14(18)13-2-3-15-16(10-13)20-9-8-19-15;3-1(4)2(5)6/h2-3,10,12H,4-9,11H2,1H3;(H,3,4)(H,5,6). The van der Waals surface area contributed by atoms with Gasteiger partial charge in [-0.05, 0) is 50.0 Å². The summed E-state index contributed by atoms with van der Waals surface area (Å²) in [4.78, 5) is 32.8. The zero-order valence-electron chi connectivity index (χ0n) is 14.6. The summed E-state index contributed by atoms with van der Waals surface area (Å²) >= 11 is 0. The van der Waals surface area contributed by atoms with Gasteiger partial charge in [-0.2, -0.15) is 0 Å². The quantitative estimate of drug-likeness (QED) is 0.612. The zero-order valence-corrected chi connectivity index (χ0v) is 14.6. The molecule has 0 spiro atoms. The fraction of sp³-hybridized carbons (Fsp3) is 0.500. The number of ether oxygens (including phenoxy) is 2. The van der Waals surface area contributed by atoms with Crippen molar-refractivity contribution in [3.8, 4) is 11.5 Å². The van der Waals surface area contributed by atoms with Crippen molar-refractivity contribution in [3.05, 3.63) is 23.8 Å². The van der Waals surface area contributed by atoms with E-state index in [0.717, 1.165) is 24.8 Å². The topological polar surface area (TPSA) is 113 Å². The van der Waals surface area contributed by atoms with Crippen LogP contribution in [-0.2, 0) is 9.59 Å². The van der Waals surface area contributed by atoms with Crippen molar-refractivity contribution in [1.82, 2.24) is 4.90 Å². The highest BCUT2D eigenvalue weighted by molar-refractivity contribution is 6.27. The Balaban J connectivity index is 0.000000352. The summed E-state index contributed by atoms with van der Waals surface area (Å²) in [6.07, 6.45) is 2.38. The summed E-state index contributed by atoms with van der Waals surface area (Å²) in [7, 11) is 0. The summed E-state index contributed by atoms with van der Waals surface area (Å²) in [6, 6.07) is 5.48. The average Bonchev–Trinajstić information content (AvgIpc) is 2.63. The van der Waals surface area contributed by atoms with Crippen LogP contribution in [0.3, 0.4) is 0 Å². The lowest BCUT2D eigenvalue weighted by Gasteiger charge is -2.29. The lowest BCUT2D eigenvalue weighted by atomic mass is 9.98. The lowest BCUT2D eigenvalue weighted by Crippen LogP contribution is -2.36. The third-order valence-corrected chi connectivity index (χ3v) is 4.29. The molecule has 0 bridgehead atoms. The van der Waals surface area contributed by atoms with Crippen LogP contribution in [0.4, 0.5) is 0 Å². The number of carbonyl (C=O) groups excluding carboxylic acids is 1. The minimum Gasteiger partial charge on any atom is -0.486 e. The highest BCUT2D eigenvalue weighted by Gasteiger charge is 2.20. The van der Waals surface area contributed by atoms with E-state index < -0.39 is 11.9 Å². The zero-order chi connectivity index (χ0) is 19.1. The summed E-state index contributed by atoms with van der Waals surface area (Å²) in [5.41, 5.74) is 0.716. The van der Waals surface area contributed by atoms with Gasteiger partial charge in [-0.25, -0.2) is 9.59 Å². The van der Waals surface area contributed by atoms with Gasteiger partial charge in [0, 0.05) is 5.56 Å². The summed E-state index contributed by atoms with van der Waals surface area (Å²) in [6.45, 7) is 5.96. The number of aliphatic carboxylic acids is 2. The monoisotopic (exact) mass is 365 g/mol. The first kappa shape index (κ1) is 19.7. The van der Waals surface area contributed by atoms with Crippen LogP contribution in [0.15, 0.2) is 18.2 Å². The Morgan fingerprint density at radius 3 is 2.19 bits per heavy atom. The van der Waals surface area contributed by atoms with Crippen molar-refractivity contribution in [1.29, 1.82) is 0 Å². The van der Waals surface area contributed by atoms with E-state index >= 15 is 0 Å². The molecule has 0 saturated carbocycles. The Bertz CT molecular complexity index is 654. The van der Waals surface area contributed by atoms with Crippen molar-refractivity contribution in [2.45, 2.75) is 19.8 Å².